The van der Waals surface area contributed by atoms with Crippen LogP contribution in [0.4, 0.5) is 26.3 Å². The van der Waals surface area contributed by atoms with Gasteiger partial charge >= 0.3 is 24.3 Å². The summed E-state index contributed by atoms with van der Waals surface area (Å²) in [6, 6.07) is 12.1. The summed E-state index contributed by atoms with van der Waals surface area (Å²) < 4.78 is 63.5. The lowest BCUT2D eigenvalue weighted by Gasteiger charge is -2.25. The molecule has 0 saturated carbocycles. The molecular formula is C23H22ClF6N3O5. The van der Waals surface area contributed by atoms with Gasteiger partial charge in [-0.2, -0.15) is 26.3 Å². The average Bonchev–Trinajstić information content (AvgIpc) is 3.42. The van der Waals surface area contributed by atoms with E-state index < -0.39 is 24.3 Å². The summed E-state index contributed by atoms with van der Waals surface area (Å²) in [6.07, 6.45) is -4.36. The van der Waals surface area contributed by atoms with Crippen LogP contribution in [0.15, 0.2) is 48.8 Å². The topological polar surface area (TPSA) is 111 Å². The molecule has 0 aliphatic carbocycles. The normalized spacial score (nSPS) is 19.0. The molecular weight excluding hydrogens is 548 g/mol. The Morgan fingerprint density at radius 1 is 0.921 bits per heavy atom. The van der Waals surface area contributed by atoms with Crippen LogP contribution < -0.4 is 0 Å². The van der Waals surface area contributed by atoms with Gasteiger partial charge in [0.1, 0.15) is 0 Å². The molecule has 4 rings (SSSR count). The van der Waals surface area contributed by atoms with E-state index in [4.69, 9.17) is 31.4 Å². The lowest BCUT2D eigenvalue weighted by Crippen LogP contribution is -2.39. The number of alkyl halides is 6. The average molecular weight is 570 g/mol. The Balaban J connectivity index is 0.000000301. The largest absolute Gasteiger partial charge is 0.490 e. The lowest BCUT2D eigenvalue weighted by molar-refractivity contribution is -0.193. The number of likely N-dealkylation sites (tertiary alicyclic amines) is 2. The standard InChI is InChI=1S/C19H20ClN3O.2C2HF3O2/c20-16-5-1-4-15(11-16)19(24)23-10-7-17-18(23)6-9-22(17)13-14-3-2-8-21-12-14;2*3-2(4,5)1(6)7/h1-5,8,11-12,17-18H,6-7,9-10,13H2;2*(H,6,7)/t17-,18+;;/m0../s1. The molecule has 1 amide bonds. The predicted octanol–water partition coefficient (Wildman–Crippen LogP) is 4.49. The first-order chi connectivity index (χ1) is 17.6. The third-order valence-electron chi connectivity index (χ3n) is 5.62. The van der Waals surface area contributed by atoms with Gasteiger partial charge in [0, 0.05) is 54.7 Å². The zero-order valence-corrected chi connectivity index (χ0v) is 20.2. The molecule has 8 nitrogen and oxygen atoms in total. The quantitative estimate of drug-likeness (QED) is 0.524. The third-order valence-corrected chi connectivity index (χ3v) is 5.85. The van der Waals surface area contributed by atoms with E-state index >= 15 is 0 Å². The van der Waals surface area contributed by atoms with Crippen molar-refractivity contribution >= 4 is 29.4 Å². The van der Waals surface area contributed by atoms with Crippen molar-refractivity contribution in [3.8, 4) is 0 Å². The van der Waals surface area contributed by atoms with Crippen LogP contribution in [0.1, 0.15) is 28.8 Å². The van der Waals surface area contributed by atoms with Gasteiger partial charge in [-0.3, -0.25) is 14.7 Å². The molecule has 2 atom stereocenters. The number of nitrogens with zero attached hydrogens (tertiary/aromatic N) is 3. The van der Waals surface area contributed by atoms with Crippen molar-refractivity contribution in [2.24, 2.45) is 0 Å². The van der Waals surface area contributed by atoms with Crippen molar-refractivity contribution < 1.29 is 50.9 Å². The number of benzene rings is 1. The van der Waals surface area contributed by atoms with Gasteiger partial charge in [-0.1, -0.05) is 23.7 Å². The van der Waals surface area contributed by atoms with E-state index in [0.29, 0.717) is 22.7 Å². The minimum atomic E-state index is -5.08. The molecule has 2 aromatic rings. The van der Waals surface area contributed by atoms with Crippen molar-refractivity contribution in [3.63, 3.8) is 0 Å². The van der Waals surface area contributed by atoms with Gasteiger partial charge in [-0.25, -0.2) is 9.59 Å². The maximum absolute atomic E-state index is 12.8. The molecule has 2 aliphatic heterocycles. The number of hydrogen-bond donors (Lipinski definition) is 2. The summed E-state index contributed by atoms with van der Waals surface area (Å²) in [6.45, 7) is 2.77. The number of carboxylic acid groups (broad SMARTS) is 2. The Bertz CT molecular complexity index is 1090. The second-order valence-corrected chi connectivity index (χ2v) is 8.59. The van der Waals surface area contributed by atoms with Crippen LogP contribution in [-0.4, -0.2) is 80.4 Å². The van der Waals surface area contributed by atoms with Crippen molar-refractivity contribution in [1.29, 1.82) is 0 Å². The summed E-state index contributed by atoms with van der Waals surface area (Å²) in [5.41, 5.74) is 1.92. The number of hydrogen-bond acceptors (Lipinski definition) is 5. The summed E-state index contributed by atoms with van der Waals surface area (Å²) in [5.74, 6) is -5.41. The summed E-state index contributed by atoms with van der Waals surface area (Å²) >= 11 is 6.04. The molecule has 1 aromatic heterocycles. The van der Waals surface area contributed by atoms with Gasteiger partial charge in [0.15, 0.2) is 0 Å². The molecule has 3 heterocycles. The van der Waals surface area contributed by atoms with E-state index in [2.05, 4.69) is 16.0 Å². The van der Waals surface area contributed by atoms with Crippen LogP contribution >= 0.6 is 11.6 Å². The van der Waals surface area contributed by atoms with E-state index in [9.17, 15) is 31.1 Å². The third kappa shape index (κ3) is 8.87. The van der Waals surface area contributed by atoms with Gasteiger partial charge in [0.2, 0.25) is 0 Å². The molecule has 2 saturated heterocycles. The van der Waals surface area contributed by atoms with Crippen LogP contribution in [0.3, 0.4) is 0 Å². The zero-order valence-electron chi connectivity index (χ0n) is 19.4. The van der Waals surface area contributed by atoms with Crippen molar-refractivity contribution in [3.05, 3.63) is 64.9 Å². The molecule has 0 radical (unpaired) electrons. The van der Waals surface area contributed by atoms with Crippen LogP contribution in [0, 0.1) is 0 Å². The van der Waals surface area contributed by atoms with Crippen LogP contribution in [0.5, 0.6) is 0 Å². The van der Waals surface area contributed by atoms with E-state index in [1.807, 2.05) is 29.3 Å². The molecule has 2 N–H and O–H groups in total. The van der Waals surface area contributed by atoms with E-state index in [1.165, 1.54) is 5.56 Å². The van der Waals surface area contributed by atoms with Crippen molar-refractivity contribution in [1.82, 2.24) is 14.8 Å². The Kier molecular flexibility index (Phi) is 10.5. The lowest BCUT2D eigenvalue weighted by atomic mass is 10.1. The second-order valence-electron chi connectivity index (χ2n) is 8.16. The number of fused-ring (bicyclic) bond motifs is 1. The minimum absolute atomic E-state index is 0.105. The highest BCUT2D eigenvalue weighted by atomic mass is 35.5. The van der Waals surface area contributed by atoms with Crippen LogP contribution in [0.2, 0.25) is 5.02 Å². The van der Waals surface area contributed by atoms with Gasteiger partial charge in [0.05, 0.1) is 0 Å². The number of carboxylic acids is 2. The maximum atomic E-state index is 12.8. The molecule has 1 aromatic carbocycles. The number of pyridine rings is 1. The Hall–Kier alpha value is -3.39. The first-order valence-corrected chi connectivity index (χ1v) is 11.3. The maximum Gasteiger partial charge on any atom is 0.490 e. The minimum Gasteiger partial charge on any atom is -0.475 e. The molecule has 15 heteroatoms. The number of amides is 1. The Morgan fingerprint density at radius 3 is 2.00 bits per heavy atom. The SMILES string of the molecule is O=C(O)C(F)(F)F.O=C(O)C(F)(F)F.O=C(c1cccc(Cl)c1)N1CC[C@H]2[C@H]1CCN2Cc1cccnc1. The summed E-state index contributed by atoms with van der Waals surface area (Å²) in [7, 11) is 0. The van der Waals surface area contributed by atoms with Gasteiger partial charge < -0.3 is 15.1 Å². The highest BCUT2D eigenvalue weighted by Gasteiger charge is 2.44. The number of rotatable bonds is 3. The first kappa shape index (κ1) is 30.8. The van der Waals surface area contributed by atoms with E-state index in [0.717, 1.165) is 32.5 Å². The van der Waals surface area contributed by atoms with E-state index in [1.54, 1.807) is 18.3 Å². The fraction of sp³-hybridized carbons (Fsp3) is 0.391. The molecule has 38 heavy (non-hydrogen) atoms. The van der Waals surface area contributed by atoms with Crippen molar-refractivity contribution in [2.75, 3.05) is 13.1 Å². The Morgan fingerprint density at radius 2 is 1.50 bits per heavy atom. The fourth-order valence-corrected chi connectivity index (χ4v) is 4.23. The molecule has 2 fully saturated rings. The Labute approximate surface area is 217 Å². The van der Waals surface area contributed by atoms with Crippen LogP contribution in [-0.2, 0) is 16.1 Å². The molecule has 208 valence electrons. The fourth-order valence-electron chi connectivity index (χ4n) is 4.04. The van der Waals surface area contributed by atoms with Gasteiger partial charge in [0.25, 0.3) is 5.91 Å². The number of carbonyl (C=O) groups excluding carboxylic acids is 1. The first-order valence-electron chi connectivity index (χ1n) is 10.9. The number of halogens is 7. The number of aromatic nitrogens is 1. The van der Waals surface area contributed by atoms with Crippen molar-refractivity contribution in [2.45, 2.75) is 43.8 Å². The molecule has 2 aliphatic rings. The summed E-state index contributed by atoms with van der Waals surface area (Å²) in [5, 5.41) is 14.9. The number of carbonyl (C=O) groups is 3. The van der Waals surface area contributed by atoms with Gasteiger partial charge in [-0.05, 0) is 42.7 Å². The number of aliphatic carboxylic acids is 2. The second kappa shape index (κ2) is 12.9. The smallest absolute Gasteiger partial charge is 0.475 e. The highest BCUT2D eigenvalue weighted by molar-refractivity contribution is 6.30. The van der Waals surface area contributed by atoms with E-state index in [-0.39, 0.29) is 5.91 Å². The molecule has 0 bridgehead atoms. The zero-order chi connectivity index (χ0) is 28.7. The summed E-state index contributed by atoms with van der Waals surface area (Å²) in [4.78, 5) is 39.4. The van der Waals surface area contributed by atoms with Crippen LogP contribution in [0.25, 0.3) is 0 Å². The predicted molar refractivity (Wildman–Crippen MR) is 121 cm³/mol. The highest BCUT2D eigenvalue weighted by Crippen LogP contribution is 2.33. The molecule has 0 unspecified atom stereocenters. The molecule has 0 spiro atoms. The monoisotopic (exact) mass is 569 g/mol. The van der Waals surface area contributed by atoms with Gasteiger partial charge in [-0.15, -0.1) is 0 Å².